The number of carbonyl (C=O) groups excluding carboxylic acids is 1. The van der Waals surface area contributed by atoms with Gasteiger partial charge in [0.1, 0.15) is 0 Å². The highest BCUT2D eigenvalue weighted by molar-refractivity contribution is 5.79. The minimum Gasteiger partial charge on any atom is -0.336 e. The highest BCUT2D eigenvalue weighted by Gasteiger charge is 2.44. The number of unbranched alkanes of at least 4 members (excludes halogenated alkanes) is 2. The van der Waals surface area contributed by atoms with Crippen LogP contribution in [0.2, 0.25) is 0 Å². The summed E-state index contributed by atoms with van der Waals surface area (Å²) in [5, 5.41) is 17.5. The van der Waals surface area contributed by atoms with Gasteiger partial charge < -0.3 is 10.2 Å². The van der Waals surface area contributed by atoms with E-state index in [1.807, 2.05) is 41.4 Å². The minimum atomic E-state index is -0.104. The van der Waals surface area contributed by atoms with Crippen LogP contribution in [0.4, 0.5) is 4.79 Å². The number of aromatic nitrogens is 5. The number of nitrogens with one attached hydrogen (secondary N) is 2. The molecule has 1 aliphatic heterocycles. The molecule has 1 aliphatic rings. The Balaban J connectivity index is 1.56. The molecule has 2 aromatic heterocycles. The van der Waals surface area contributed by atoms with Gasteiger partial charge in [0.2, 0.25) is 5.82 Å². The molecule has 1 fully saturated rings. The molecule has 2 N–H and O–H groups in total. The quantitative estimate of drug-likeness (QED) is 0.488. The zero-order chi connectivity index (χ0) is 22.4. The van der Waals surface area contributed by atoms with E-state index in [0.717, 1.165) is 67.5 Å². The molecule has 2 amide bonds. The van der Waals surface area contributed by atoms with Crippen LogP contribution in [0.25, 0.3) is 22.6 Å². The maximum Gasteiger partial charge on any atom is 0.318 e. The van der Waals surface area contributed by atoms with Crippen molar-refractivity contribution in [3.8, 4) is 22.6 Å². The normalized spacial score (nSPS) is 15.2. The first-order valence-corrected chi connectivity index (χ1v) is 11.5. The van der Waals surface area contributed by atoms with Crippen LogP contribution in [-0.4, -0.2) is 48.6 Å². The fraction of sp³-hybridized carbons (Fsp3) is 0.458. The average molecular weight is 434 g/mol. The number of carbonyl (C=O) groups is 1. The van der Waals surface area contributed by atoms with E-state index in [0.29, 0.717) is 12.4 Å². The molecule has 0 spiro atoms. The van der Waals surface area contributed by atoms with Crippen molar-refractivity contribution in [1.82, 2.24) is 35.8 Å². The van der Waals surface area contributed by atoms with Crippen molar-refractivity contribution < 1.29 is 4.79 Å². The first-order valence-electron chi connectivity index (χ1n) is 11.5. The zero-order valence-electron chi connectivity index (χ0n) is 18.8. The maximum absolute atomic E-state index is 12.8. The number of hydrogen-bond donors (Lipinski definition) is 2. The fourth-order valence-corrected chi connectivity index (χ4v) is 4.51. The van der Waals surface area contributed by atoms with Crippen molar-refractivity contribution in [3.05, 3.63) is 48.2 Å². The smallest absolute Gasteiger partial charge is 0.318 e. The third-order valence-corrected chi connectivity index (χ3v) is 6.33. The van der Waals surface area contributed by atoms with Crippen molar-refractivity contribution in [1.29, 1.82) is 0 Å². The summed E-state index contributed by atoms with van der Waals surface area (Å²) in [5.41, 5.74) is 3.58. The summed E-state index contributed by atoms with van der Waals surface area (Å²) in [6, 6.07) is 12.0. The topological polar surface area (TPSA) is 99.7 Å². The summed E-state index contributed by atoms with van der Waals surface area (Å²) in [6.45, 7) is 5.71. The molecule has 0 radical (unpaired) electrons. The van der Waals surface area contributed by atoms with Crippen molar-refractivity contribution >= 4 is 6.03 Å². The third-order valence-electron chi connectivity index (χ3n) is 6.33. The van der Waals surface area contributed by atoms with E-state index in [1.165, 1.54) is 0 Å². The molecule has 0 aliphatic carbocycles. The van der Waals surface area contributed by atoms with Crippen LogP contribution in [0.15, 0.2) is 42.6 Å². The molecule has 1 saturated heterocycles. The van der Waals surface area contributed by atoms with E-state index in [-0.39, 0.29) is 11.6 Å². The Morgan fingerprint density at radius 1 is 1.03 bits per heavy atom. The number of tetrazole rings is 1. The molecule has 4 rings (SSSR count). The lowest BCUT2D eigenvalue weighted by Crippen LogP contribution is -2.46. The monoisotopic (exact) mass is 433 g/mol. The Kier molecular flexibility index (Phi) is 6.78. The second-order valence-electron chi connectivity index (χ2n) is 8.51. The van der Waals surface area contributed by atoms with Crippen LogP contribution in [0.3, 0.4) is 0 Å². The second-order valence-corrected chi connectivity index (χ2v) is 8.51. The molecule has 3 aromatic rings. The lowest BCUT2D eigenvalue weighted by Gasteiger charge is -2.37. The molecule has 168 valence electrons. The summed E-state index contributed by atoms with van der Waals surface area (Å²) in [5.74, 6) is 0.539. The Labute approximate surface area is 188 Å². The van der Waals surface area contributed by atoms with E-state index < -0.39 is 0 Å². The van der Waals surface area contributed by atoms with E-state index in [1.54, 1.807) is 0 Å². The van der Waals surface area contributed by atoms with E-state index in [4.69, 9.17) is 4.98 Å². The Morgan fingerprint density at radius 2 is 1.78 bits per heavy atom. The molecular formula is C24H31N7O. The van der Waals surface area contributed by atoms with Crippen LogP contribution in [-0.2, 0) is 6.54 Å². The van der Waals surface area contributed by atoms with E-state index in [9.17, 15) is 4.79 Å². The first kappa shape index (κ1) is 21.9. The van der Waals surface area contributed by atoms with Gasteiger partial charge in [-0.25, -0.2) is 4.79 Å². The summed E-state index contributed by atoms with van der Waals surface area (Å²) in [6.07, 6.45) is 8.45. The second kappa shape index (κ2) is 9.89. The third kappa shape index (κ3) is 4.49. The van der Waals surface area contributed by atoms with Crippen LogP contribution >= 0.6 is 0 Å². The Morgan fingerprint density at radius 3 is 2.41 bits per heavy atom. The Bertz CT molecular complexity index is 1010. The molecule has 0 saturated carbocycles. The van der Waals surface area contributed by atoms with Gasteiger partial charge in [-0.1, -0.05) is 69.9 Å². The number of aromatic amines is 1. The largest absolute Gasteiger partial charge is 0.336 e. The van der Waals surface area contributed by atoms with Gasteiger partial charge in [0.25, 0.3) is 0 Å². The summed E-state index contributed by atoms with van der Waals surface area (Å²) < 4.78 is 0. The number of pyridine rings is 1. The van der Waals surface area contributed by atoms with E-state index in [2.05, 4.69) is 45.9 Å². The van der Waals surface area contributed by atoms with Crippen molar-refractivity contribution in [2.24, 2.45) is 0 Å². The number of benzene rings is 1. The average Bonchev–Trinajstić information content (AvgIpc) is 3.47. The number of amides is 2. The van der Waals surface area contributed by atoms with Crippen LogP contribution < -0.4 is 5.32 Å². The summed E-state index contributed by atoms with van der Waals surface area (Å²) in [7, 11) is 0. The predicted molar refractivity (Wildman–Crippen MR) is 124 cm³/mol. The molecule has 8 nitrogen and oxygen atoms in total. The highest BCUT2D eigenvalue weighted by Crippen LogP contribution is 2.34. The van der Waals surface area contributed by atoms with Gasteiger partial charge in [-0.3, -0.25) is 4.98 Å². The summed E-state index contributed by atoms with van der Waals surface area (Å²) >= 11 is 0. The molecule has 0 atom stereocenters. The lowest BCUT2D eigenvalue weighted by atomic mass is 9.86. The van der Waals surface area contributed by atoms with Gasteiger partial charge >= 0.3 is 6.03 Å². The van der Waals surface area contributed by atoms with Crippen molar-refractivity contribution in [2.45, 2.75) is 64.5 Å². The lowest BCUT2D eigenvalue weighted by molar-refractivity contribution is 0.128. The standard InChI is InChI=1S/C24H31N7O/c1-3-5-13-24(14-6-4-2)17-26-23(32)31(24)16-18-11-12-21(25-15-18)19-9-7-8-10-20(19)22-27-29-30-28-22/h7-12,15H,3-6,13-14,16-17H2,1-2H3,(H,26,32)(H,27,28,29,30). The Hall–Kier alpha value is -3.29. The molecule has 1 aromatic carbocycles. The number of nitrogens with zero attached hydrogens (tertiary/aromatic N) is 5. The summed E-state index contributed by atoms with van der Waals surface area (Å²) in [4.78, 5) is 19.5. The number of urea groups is 1. The number of rotatable bonds is 10. The molecule has 3 heterocycles. The molecule has 8 heteroatoms. The van der Waals surface area contributed by atoms with Crippen molar-refractivity contribution in [2.75, 3.05) is 6.54 Å². The molecule has 0 bridgehead atoms. The predicted octanol–water partition coefficient (Wildman–Crippen LogP) is 4.57. The van der Waals surface area contributed by atoms with Gasteiger partial charge in [-0.05, 0) is 29.7 Å². The van der Waals surface area contributed by atoms with Crippen molar-refractivity contribution in [3.63, 3.8) is 0 Å². The molecular weight excluding hydrogens is 402 g/mol. The molecule has 32 heavy (non-hydrogen) atoms. The zero-order valence-corrected chi connectivity index (χ0v) is 18.8. The van der Waals surface area contributed by atoms with Crippen LogP contribution in [0.1, 0.15) is 57.9 Å². The number of hydrogen-bond acceptors (Lipinski definition) is 5. The van der Waals surface area contributed by atoms with Gasteiger partial charge in [0.05, 0.1) is 11.2 Å². The van der Waals surface area contributed by atoms with Gasteiger partial charge in [0.15, 0.2) is 0 Å². The number of H-pyrrole nitrogens is 1. The molecule has 0 unspecified atom stereocenters. The highest BCUT2D eigenvalue weighted by atomic mass is 16.2. The van der Waals surface area contributed by atoms with Gasteiger partial charge in [-0.15, -0.1) is 10.2 Å². The SMILES string of the molecule is CCCCC1(CCCC)CNC(=O)N1Cc1ccc(-c2ccccc2-c2nn[nH]n2)nc1. The first-order chi connectivity index (χ1) is 15.7. The fourth-order valence-electron chi connectivity index (χ4n) is 4.51. The van der Waals surface area contributed by atoms with Crippen LogP contribution in [0, 0.1) is 0 Å². The minimum absolute atomic E-state index is 0.0312. The van der Waals surface area contributed by atoms with Gasteiger partial charge in [0, 0.05) is 30.4 Å². The van der Waals surface area contributed by atoms with E-state index >= 15 is 0 Å². The van der Waals surface area contributed by atoms with Crippen LogP contribution in [0.5, 0.6) is 0 Å². The van der Waals surface area contributed by atoms with Gasteiger partial charge in [-0.2, -0.15) is 5.21 Å². The maximum atomic E-state index is 12.8.